The molecule has 4 aromatic rings. The Balaban J connectivity index is 1.60. The molecule has 0 N–H and O–H groups in total. The molecule has 2 aliphatic rings. The number of nitrogens with zero attached hydrogens (tertiary/aromatic N) is 1. The number of fused-ring (bicyclic) bond motifs is 4. The molecule has 0 saturated heterocycles. The number of ether oxygens (including phenoxy) is 2. The van der Waals surface area contributed by atoms with Crippen molar-refractivity contribution in [2.75, 3.05) is 6.79 Å². The van der Waals surface area contributed by atoms with Crippen LogP contribution in [-0.2, 0) is 12.8 Å². The van der Waals surface area contributed by atoms with Crippen molar-refractivity contribution in [3.63, 3.8) is 0 Å². The second kappa shape index (κ2) is 6.60. The van der Waals surface area contributed by atoms with Crippen molar-refractivity contribution >= 4 is 21.6 Å². The Bertz CT molecular complexity index is 1230. The lowest BCUT2D eigenvalue weighted by molar-refractivity contribution is 0.174. The van der Waals surface area contributed by atoms with E-state index < -0.39 is 0 Å². The zero-order valence-corrected chi connectivity index (χ0v) is 17.1. The Morgan fingerprint density at radius 1 is 0.966 bits per heavy atom. The Labute approximate surface area is 173 Å². The maximum Gasteiger partial charge on any atom is 0.231 e. The molecule has 0 spiro atoms. The lowest BCUT2D eigenvalue weighted by Gasteiger charge is -2.18. The predicted molar refractivity (Wildman–Crippen MR) is 118 cm³/mol. The monoisotopic (exact) mass is 399 g/mol. The number of hydrogen-bond acceptors (Lipinski definition) is 4. The maximum atomic E-state index is 5.59. The summed E-state index contributed by atoms with van der Waals surface area (Å²) in [6.45, 7) is 2.65. The minimum absolute atomic E-state index is 0.288. The number of thiophene rings is 1. The zero-order chi connectivity index (χ0) is 19.4. The molecule has 29 heavy (non-hydrogen) atoms. The van der Waals surface area contributed by atoms with E-state index in [-0.39, 0.29) is 6.79 Å². The normalized spacial score (nSPS) is 17.5. The van der Waals surface area contributed by atoms with Crippen molar-refractivity contribution in [3.8, 4) is 33.9 Å². The molecule has 2 aromatic carbocycles. The van der Waals surface area contributed by atoms with Crippen LogP contribution in [0.5, 0.6) is 11.5 Å². The molecule has 4 heteroatoms. The second-order valence-electron chi connectivity index (χ2n) is 8.02. The molecular weight excluding hydrogens is 378 g/mol. The number of hydrogen-bond donors (Lipinski definition) is 0. The molecule has 0 fully saturated rings. The molecule has 144 valence electrons. The van der Waals surface area contributed by atoms with Crippen molar-refractivity contribution in [2.45, 2.75) is 26.2 Å². The number of rotatable bonds is 2. The fourth-order valence-electron chi connectivity index (χ4n) is 4.49. The third-order valence-corrected chi connectivity index (χ3v) is 7.17. The van der Waals surface area contributed by atoms with Gasteiger partial charge in [-0.15, -0.1) is 11.3 Å². The van der Waals surface area contributed by atoms with Crippen molar-refractivity contribution in [1.82, 2.24) is 4.98 Å². The summed E-state index contributed by atoms with van der Waals surface area (Å²) < 4.78 is 11.1. The smallest absolute Gasteiger partial charge is 0.231 e. The summed E-state index contributed by atoms with van der Waals surface area (Å²) in [5.74, 6) is 2.35. The highest BCUT2D eigenvalue weighted by molar-refractivity contribution is 7.19. The van der Waals surface area contributed by atoms with E-state index in [0.29, 0.717) is 0 Å². The van der Waals surface area contributed by atoms with E-state index >= 15 is 0 Å². The first kappa shape index (κ1) is 17.0. The zero-order valence-electron chi connectivity index (χ0n) is 16.3. The number of aryl methyl sites for hydroxylation is 1. The third kappa shape index (κ3) is 2.82. The SMILES string of the molecule is CC1CCc2c(sc3nc(-c4ccc5c(c4)OCO5)cc(-c4ccccc4)c23)C1. The van der Waals surface area contributed by atoms with E-state index in [1.54, 1.807) is 0 Å². The Morgan fingerprint density at radius 2 is 1.83 bits per heavy atom. The molecule has 3 nitrogen and oxygen atoms in total. The number of pyridine rings is 1. The topological polar surface area (TPSA) is 31.4 Å². The molecule has 0 amide bonds. The van der Waals surface area contributed by atoms with Crippen LogP contribution in [0.3, 0.4) is 0 Å². The Morgan fingerprint density at radius 3 is 2.72 bits per heavy atom. The molecule has 0 radical (unpaired) electrons. The fraction of sp³-hybridized carbons (Fsp3) is 0.240. The van der Waals surface area contributed by atoms with Crippen LogP contribution < -0.4 is 9.47 Å². The van der Waals surface area contributed by atoms with Gasteiger partial charge in [0.2, 0.25) is 6.79 Å². The number of benzene rings is 2. The lowest BCUT2D eigenvalue weighted by atomic mass is 9.87. The van der Waals surface area contributed by atoms with Crippen LogP contribution in [0, 0.1) is 5.92 Å². The van der Waals surface area contributed by atoms with Crippen molar-refractivity contribution in [1.29, 1.82) is 0 Å². The highest BCUT2D eigenvalue weighted by Crippen LogP contribution is 2.44. The average molecular weight is 400 g/mol. The summed E-state index contributed by atoms with van der Waals surface area (Å²) in [7, 11) is 0. The van der Waals surface area contributed by atoms with Gasteiger partial charge in [-0.25, -0.2) is 4.98 Å². The van der Waals surface area contributed by atoms with Gasteiger partial charge in [0, 0.05) is 15.8 Å². The van der Waals surface area contributed by atoms with E-state index in [9.17, 15) is 0 Å². The summed E-state index contributed by atoms with van der Waals surface area (Å²) in [6.07, 6.45) is 3.59. The Kier molecular flexibility index (Phi) is 3.88. The average Bonchev–Trinajstić information content (AvgIpc) is 3.36. The molecule has 6 rings (SSSR count). The largest absolute Gasteiger partial charge is 0.454 e. The van der Waals surface area contributed by atoms with Gasteiger partial charge in [0.05, 0.1) is 5.69 Å². The second-order valence-corrected chi connectivity index (χ2v) is 9.10. The third-order valence-electron chi connectivity index (χ3n) is 6.02. The van der Waals surface area contributed by atoms with Crippen molar-refractivity contribution < 1.29 is 9.47 Å². The van der Waals surface area contributed by atoms with E-state index in [1.807, 2.05) is 23.5 Å². The molecule has 2 aromatic heterocycles. The van der Waals surface area contributed by atoms with Crippen molar-refractivity contribution in [2.24, 2.45) is 5.92 Å². The maximum absolute atomic E-state index is 5.59. The summed E-state index contributed by atoms with van der Waals surface area (Å²) in [5.41, 5.74) is 6.11. The highest BCUT2D eigenvalue weighted by Gasteiger charge is 2.24. The van der Waals surface area contributed by atoms with Gasteiger partial charge in [-0.05, 0) is 66.1 Å². The minimum atomic E-state index is 0.288. The highest BCUT2D eigenvalue weighted by atomic mass is 32.1. The van der Waals surface area contributed by atoms with Gasteiger partial charge < -0.3 is 9.47 Å². The molecule has 0 saturated carbocycles. The van der Waals surface area contributed by atoms with Gasteiger partial charge in [-0.3, -0.25) is 0 Å². The first-order valence-electron chi connectivity index (χ1n) is 10.2. The van der Waals surface area contributed by atoms with Crippen LogP contribution in [0.2, 0.25) is 0 Å². The van der Waals surface area contributed by atoms with Gasteiger partial charge in [0.15, 0.2) is 11.5 Å². The molecule has 1 atom stereocenters. The van der Waals surface area contributed by atoms with Crippen LogP contribution in [0.4, 0.5) is 0 Å². The summed E-state index contributed by atoms with van der Waals surface area (Å²) >= 11 is 1.88. The first-order valence-corrected chi connectivity index (χ1v) is 11.0. The van der Waals surface area contributed by atoms with E-state index in [0.717, 1.165) is 39.9 Å². The lowest BCUT2D eigenvalue weighted by Crippen LogP contribution is -2.08. The summed E-state index contributed by atoms with van der Waals surface area (Å²) in [5, 5.41) is 1.35. The molecule has 0 bridgehead atoms. The van der Waals surface area contributed by atoms with Gasteiger partial charge >= 0.3 is 0 Å². The summed E-state index contributed by atoms with van der Waals surface area (Å²) in [6, 6.07) is 19.1. The van der Waals surface area contributed by atoms with Crippen LogP contribution in [0.1, 0.15) is 23.8 Å². The van der Waals surface area contributed by atoms with Crippen LogP contribution in [0.25, 0.3) is 32.6 Å². The molecule has 3 heterocycles. The standard InChI is InChI=1S/C25H21NO2S/c1-15-7-9-18-23(11-15)29-25-24(18)19(16-5-3-2-4-6-16)13-20(26-25)17-8-10-21-22(12-17)28-14-27-21/h2-6,8,10,12-13,15H,7,9,11,14H2,1H3. The van der Waals surface area contributed by atoms with Gasteiger partial charge in [-0.1, -0.05) is 37.3 Å². The number of aromatic nitrogens is 1. The Hall–Kier alpha value is -2.85. The molecule has 1 aliphatic carbocycles. The van der Waals surface area contributed by atoms with Gasteiger partial charge in [0.1, 0.15) is 4.83 Å². The van der Waals surface area contributed by atoms with E-state index in [4.69, 9.17) is 14.5 Å². The first-order chi connectivity index (χ1) is 14.3. The summed E-state index contributed by atoms with van der Waals surface area (Å²) in [4.78, 5) is 7.78. The van der Waals surface area contributed by atoms with Crippen LogP contribution in [0.15, 0.2) is 54.6 Å². The quantitative estimate of drug-likeness (QED) is 0.386. The van der Waals surface area contributed by atoms with Crippen LogP contribution >= 0.6 is 11.3 Å². The van der Waals surface area contributed by atoms with Gasteiger partial charge in [0.25, 0.3) is 0 Å². The van der Waals surface area contributed by atoms with E-state index in [2.05, 4.69) is 49.4 Å². The molecule has 1 aliphatic heterocycles. The molecular formula is C25H21NO2S. The minimum Gasteiger partial charge on any atom is -0.454 e. The van der Waals surface area contributed by atoms with E-state index in [1.165, 1.54) is 39.8 Å². The van der Waals surface area contributed by atoms with Crippen molar-refractivity contribution in [3.05, 3.63) is 65.0 Å². The van der Waals surface area contributed by atoms with Gasteiger partial charge in [-0.2, -0.15) is 0 Å². The predicted octanol–water partition coefficient (Wildman–Crippen LogP) is 6.48. The van der Waals surface area contributed by atoms with Crippen LogP contribution in [-0.4, -0.2) is 11.8 Å². The fourth-order valence-corrected chi connectivity index (χ4v) is 5.90. The molecule has 1 unspecified atom stereocenters.